The Hall–Kier alpha value is -2.17. The predicted octanol–water partition coefficient (Wildman–Crippen LogP) is 4.01. The topological polar surface area (TPSA) is 56.8 Å². The minimum atomic E-state index is -0.683. The number of hydrogen-bond donors (Lipinski definition) is 0. The van der Waals surface area contributed by atoms with Gasteiger partial charge < -0.3 is 4.74 Å². The van der Waals surface area contributed by atoms with Crippen molar-refractivity contribution in [3.63, 3.8) is 0 Å². The molecule has 1 aromatic carbocycles. The van der Waals surface area contributed by atoms with Crippen LogP contribution in [0.15, 0.2) is 36.2 Å². The first-order chi connectivity index (χ1) is 10.2. The Bertz CT molecular complexity index is 572. The number of ether oxygens (including phenoxy) is 1. The summed E-state index contributed by atoms with van der Waals surface area (Å²) < 4.78 is 18.8. The van der Waals surface area contributed by atoms with Crippen molar-refractivity contribution in [1.82, 2.24) is 0 Å². The van der Waals surface area contributed by atoms with Crippen molar-refractivity contribution in [2.24, 2.45) is 5.92 Å². The van der Waals surface area contributed by atoms with E-state index in [0.717, 1.165) is 31.2 Å². The fourth-order valence-electron chi connectivity index (χ4n) is 2.56. The van der Waals surface area contributed by atoms with Crippen molar-refractivity contribution in [2.75, 3.05) is 0 Å². The van der Waals surface area contributed by atoms with Crippen molar-refractivity contribution < 1.29 is 9.13 Å². The summed E-state index contributed by atoms with van der Waals surface area (Å²) in [7, 11) is 0. The Morgan fingerprint density at radius 2 is 1.86 bits per heavy atom. The van der Waals surface area contributed by atoms with E-state index in [2.05, 4.69) is 6.07 Å². The van der Waals surface area contributed by atoms with Crippen LogP contribution < -0.4 is 0 Å². The van der Waals surface area contributed by atoms with Gasteiger partial charge in [-0.2, -0.15) is 14.9 Å². The fourth-order valence-corrected chi connectivity index (χ4v) is 2.56. The molecule has 0 unspecified atom stereocenters. The zero-order chi connectivity index (χ0) is 15.1. The molecule has 1 aliphatic carbocycles. The molecule has 0 bridgehead atoms. The number of hydrogen-bond acceptors (Lipinski definition) is 3. The molecule has 4 heteroatoms. The largest absolute Gasteiger partial charge is 0.374 e. The number of benzene rings is 1. The maximum Gasteiger partial charge on any atom is 0.196 e. The zero-order valence-electron chi connectivity index (χ0n) is 11.8. The zero-order valence-corrected chi connectivity index (χ0v) is 11.8. The van der Waals surface area contributed by atoms with Gasteiger partial charge >= 0.3 is 0 Å². The molecule has 0 aromatic heterocycles. The number of rotatable bonds is 4. The van der Waals surface area contributed by atoms with Crippen LogP contribution in [0.4, 0.5) is 4.39 Å². The summed E-state index contributed by atoms with van der Waals surface area (Å²) in [6.07, 6.45) is 5.10. The summed E-state index contributed by atoms with van der Waals surface area (Å²) in [5.74, 6) is -0.531. The molecule has 0 spiro atoms. The van der Waals surface area contributed by atoms with Gasteiger partial charge in [-0.3, -0.25) is 0 Å². The van der Waals surface area contributed by atoms with E-state index in [1.54, 1.807) is 12.1 Å². The van der Waals surface area contributed by atoms with Crippen LogP contribution in [-0.4, -0.2) is 6.10 Å². The highest BCUT2D eigenvalue weighted by Gasteiger charge is 2.20. The summed E-state index contributed by atoms with van der Waals surface area (Å²) in [4.78, 5) is 0. The van der Waals surface area contributed by atoms with Gasteiger partial charge in [0.05, 0.1) is 24.3 Å². The first kappa shape index (κ1) is 15.2. The quantitative estimate of drug-likeness (QED) is 0.785. The van der Waals surface area contributed by atoms with Crippen LogP contribution in [0.5, 0.6) is 0 Å². The lowest BCUT2D eigenvalue weighted by atomic mass is 9.87. The molecule has 108 valence electrons. The minimum absolute atomic E-state index is 0.152. The molecule has 1 saturated carbocycles. The van der Waals surface area contributed by atoms with E-state index in [0.29, 0.717) is 12.2 Å². The van der Waals surface area contributed by atoms with Crippen molar-refractivity contribution in [2.45, 2.75) is 38.4 Å². The number of nitriles is 2. The lowest BCUT2D eigenvalue weighted by molar-refractivity contribution is 0.0109. The third-order valence-corrected chi connectivity index (χ3v) is 3.78. The maximum absolute atomic E-state index is 12.9. The van der Waals surface area contributed by atoms with Gasteiger partial charge in [-0.1, -0.05) is 12.1 Å². The normalized spacial score (nSPS) is 22.3. The number of nitrogens with zero attached hydrogens (tertiary/aromatic N) is 2. The Morgan fingerprint density at radius 1 is 1.19 bits per heavy atom. The molecular formula is C17H17FN2O. The lowest BCUT2D eigenvalue weighted by Crippen LogP contribution is -2.20. The number of halogens is 1. The molecule has 0 atom stereocenters. The van der Waals surface area contributed by atoms with Gasteiger partial charge in [-0.05, 0) is 55.4 Å². The van der Waals surface area contributed by atoms with E-state index in [1.807, 2.05) is 12.1 Å². The first-order valence-electron chi connectivity index (χ1n) is 7.09. The molecule has 3 nitrogen and oxygen atoms in total. The average Bonchev–Trinajstić information content (AvgIpc) is 2.54. The third kappa shape index (κ3) is 4.70. The maximum atomic E-state index is 12.9. The molecule has 1 aliphatic rings. The molecule has 0 radical (unpaired) electrons. The van der Waals surface area contributed by atoms with Crippen LogP contribution in [0.2, 0.25) is 0 Å². The van der Waals surface area contributed by atoms with Crippen LogP contribution in [0.25, 0.3) is 0 Å². The SMILES string of the molecule is N#CC(F)=C[C@H]1CC[C@H](OCc2ccc(C#N)cc2)CC1. The Balaban J connectivity index is 1.76. The standard InChI is InChI=1S/C17H17FN2O/c18-16(11-20)9-13-5-7-17(8-6-13)21-12-15-3-1-14(10-19)2-4-15/h1-4,9,13,17H,5-8,12H2/t13-,17-. The van der Waals surface area contributed by atoms with Crippen LogP contribution in [0.3, 0.4) is 0 Å². The van der Waals surface area contributed by atoms with Crippen LogP contribution in [-0.2, 0) is 11.3 Å². The summed E-state index contributed by atoms with van der Waals surface area (Å²) in [6, 6.07) is 11.0. The Kier molecular flexibility index (Phi) is 5.49. The molecule has 0 saturated heterocycles. The van der Waals surface area contributed by atoms with E-state index in [4.69, 9.17) is 15.3 Å². The van der Waals surface area contributed by atoms with Gasteiger partial charge in [-0.15, -0.1) is 0 Å². The lowest BCUT2D eigenvalue weighted by Gasteiger charge is -2.26. The van der Waals surface area contributed by atoms with Gasteiger partial charge in [0.15, 0.2) is 5.83 Å². The summed E-state index contributed by atoms with van der Waals surface area (Å²) in [5, 5.41) is 17.2. The highest BCUT2D eigenvalue weighted by Crippen LogP contribution is 2.28. The molecule has 2 rings (SSSR count). The molecule has 0 N–H and O–H groups in total. The second-order valence-corrected chi connectivity index (χ2v) is 5.28. The Labute approximate surface area is 124 Å². The van der Waals surface area contributed by atoms with Crippen molar-refractivity contribution in [1.29, 1.82) is 10.5 Å². The highest BCUT2D eigenvalue weighted by molar-refractivity contribution is 5.31. The van der Waals surface area contributed by atoms with E-state index in [1.165, 1.54) is 12.1 Å². The second-order valence-electron chi connectivity index (χ2n) is 5.28. The van der Waals surface area contributed by atoms with Crippen LogP contribution >= 0.6 is 0 Å². The summed E-state index contributed by atoms with van der Waals surface area (Å²) >= 11 is 0. The van der Waals surface area contributed by atoms with Crippen molar-refractivity contribution in [3.05, 3.63) is 47.3 Å². The van der Waals surface area contributed by atoms with E-state index in [9.17, 15) is 4.39 Å². The van der Waals surface area contributed by atoms with Gasteiger partial charge in [-0.25, -0.2) is 0 Å². The minimum Gasteiger partial charge on any atom is -0.374 e. The van der Waals surface area contributed by atoms with Crippen molar-refractivity contribution in [3.8, 4) is 12.1 Å². The van der Waals surface area contributed by atoms with E-state index in [-0.39, 0.29) is 12.0 Å². The molecule has 1 aromatic rings. The molecule has 0 heterocycles. The van der Waals surface area contributed by atoms with Gasteiger partial charge in [0.2, 0.25) is 0 Å². The third-order valence-electron chi connectivity index (χ3n) is 3.78. The van der Waals surface area contributed by atoms with Crippen LogP contribution in [0, 0.1) is 28.6 Å². The molecule has 0 aliphatic heterocycles. The molecule has 1 fully saturated rings. The molecule has 0 amide bonds. The molecule has 21 heavy (non-hydrogen) atoms. The van der Waals surface area contributed by atoms with Crippen LogP contribution in [0.1, 0.15) is 36.8 Å². The first-order valence-corrected chi connectivity index (χ1v) is 7.09. The van der Waals surface area contributed by atoms with Crippen molar-refractivity contribution >= 4 is 0 Å². The van der Waals surface area contributed by atoms with E-state index >= 15 is 0 Å². The summed E-state index contributed by atoms with van der Waals surface area (Å²) in [6.45, 7) is 0.531. The summed E-state index contributed by atoms with van der Waals surface area (Å²) in [5.41, 5.74) is 1.69. The number of allylic oxidation sites excluding steroid dienone is 2. The molecular weight excluding hydrogens is 267 g/mol. The van der Waals surface area contributed by atoms with Gasteiger partial charge in [0, 0.05) is 0 Å². The monoisotopic (exact) mass is 284 g/mol. The Morgan fingerprint density at radius 3 is 2.43 bits per heavy atom. The van der Waals surface area contributed by atoms with E-state index < -0.39 is 5.83 Å². The second kappa shape index (κ2) is 7.57. The average molecular weight is 284 g/mol. The van der Waals surface area contributed by atoms with Gasteiger partial charge in [0.25, 0.3) is 0 Å². The fraction of sp³-hybridized carbons (Fsp3) is 0.412. The predicted molar refractivity (Wildman–Crippen MR) is 76.5 cm³/mol. The van der Waals surface area contributed by atoms with Gasteiger partial charge in [0.1, 0.15) is 6.07 Å². The highest BCUT2D eigenvalue weighted by atomic mass is 19.1. The smallest absolute Gasteiger partial charge is 0.196 e.